The van der Waals surface area contributed by atoms with Crippen LogP contribution in [-0.2, 0) is 11.0 Å². The highest BCUT2D eigenvalue weighted by Crippen LogP contribution is 2.36. The van der Waals surface area contributed by atoms with Crippen LogP contribution < -0.4 is 4.74 Å². The SMILES string of the molecule is CC(Oc1ccc2c(c1)oc1cc(C(F)(F)F)ccc12)C(=O)O. The van der Waals surface area contributed by atoms with Gasteiger partial charge in [0.25, 0.3) is 0 Å². The predicted octanol–water partition coefficient (Wildman–Crippen LogP) is 4.46. The lowest BCUT2D eigenvalue weighted by molar-refractivity contribution is -0.144. The fraction of sp³-hybridized carbons (Fsp3) is 0.188. The number of benzene rings is 2. The van der Waals surface area contributed by atoms with Crippen LogP contribution in [-0.4, -0.2) is 17.2 Å². The van der Waals surface area contributed by atoms with E-state index in [1.807, 2.05) is 0 Å². The minimum atomic E-state index is -4.45. The Labute approximate surface area is 128 Å². The molecule has 1 unspecified atom stereocenters. The van der Waals surface area contributed by atoms with E-state index in [-0.39, 0.29) is 11.3 Å². The number of aliphatic carboxylic acids is 1. The van der Waals surface area contributed by atoms with E-state index in [0.717, 1.165) is 12.1 Å². The summed E-state index contributed by atoms with van der Waals surface area (Å²) in [5.41, 5.74) is -0.354. The number of hydrogen-bond donors (Lipinski definition) is 1. The summed E-state index contributed by atoms with van der Waals surface area (Å²) in [5, 5.41) is 10.00. The average Bonchev–Trinajstić information content (AvgIpc) is 2.82. The van der Waals surface area contributed by atoms with Gasteiger partial charge in [-0.2, -0.15) is 13.2 Å². The monoisotopic (exact) mass is 324 g/mol. The molecule has 0 fully saturated rings. The lowest BCUT2D eigenvalue weighted by Crippen LogP contribution is -2.22. The molecule has 0 aliphatic heterocycles. The molecule has 1 atom stereocenters. The summed E-state index contributed by atoms with van der Waals surface area (Å²) in [4.78, 5) is 10.8. The van der Waals surface area contributed by atoms with Gasteiger partial charge < -0.3 is 14.3 Å². The Bertz CT molecular complexity index is 895. The highest BCUT2D eigenvalue weighted by atomic mass is 19.4. The topological polar surface area (TPSA) is 59.7 Å². The fourth-order valence-corrected chi connectivity index (χ4v) is 2.26. The highest BCUT2D eigenvalue weighted by molar-refractivity contribution is 6.05. The van der Waals surface area contributed by atoms with Crippen LogP contribution in [0.5, 0.6) is 5.75 Å². The maximum absolute atomic E-state index is 12.7. The van der Waals surface area contributed by atoms with Gasteiger partial charge in [-0.15, -0.1) is 0 Å². The summed E-state index contributed by atoms with van der Waals surface area (Å²) in [7, 11) is 0. The molecule has 4 nitrogen and oxygen atoms in total. The summed E-state index contributed by atoms with van der Waals surface area (Å²) in [6, 6.07) is 7.92. The van der Waals surface area contributed by atoms with Crippen LogP contribution in [0.15, 0.2) is 40.8 Å². The van der Waals surface area contributed by atoms with Crippen LogP contribution in [0.3, 0.4) is 0 Å². The second-order valence-electron chi connectivity index (χ2n) is 5.07. The first kappa shape index (κ1) is 15.2. The van der Waals surface area contributed by atoms with Gasteiger partial charge in [-0.05, 0) is 37.3 Å². The molecule has 0 saturated heterocycles. The third kappa shape index (κ3) is 2.81. The van der Waals surface area contributed by atoms with E-state index in [1.54, 1.807) is 12.1 Å². The van der Waals surface area contributed by atoms with Crippen molar-refractivity contribution in [2.45, 2.75) is 19.2 Å². The Balaban J connectivity index is 2.06. The van der Waals surface area contributed by atoms with E-state index in [0.29, 0.717) is 16.4 Å². The van der Waals surface area contributed by atoms with Crippen molar-refractivity contribution in [3.05, 3.63) is 42.0 Å². The zero-order valence-electron chi connectivity index (χ0n) is 11.8. The third-order valence-electron chi connectivity index (χ3n) is 3.43. The maximum Gasteiger partial charge on any atom is 0.416 e. The van der Waals surface area contributed by atoms with E-state index in [2.05, 4.69) is 0 Å². The van der Waals surface area contributed by atoms with Gasteiger partial charge in [0.05, 0.1) is 5.56 Å². The van der Waals surface area contributed by atoms with Gasteiger partial charge >= 0.3 is 12.1 Å². The molecular weight excluding hydrogens is 313 g/mol. The van der Waals surface area contributed by atoms with Crippen molar-refractivity contribution < 1.29 is 32.2 Å². The number of alkyl halides is 3. The molecule has 3 rings (SSSR count). The average molecular weight is 324 g/mol. The van der Waals surface area contributed by atoms with Gasteiger partial charge in [-0.1, -0.05) is 0 Å². The number of carbonyl (C=O) groups is 1. The number of ether oxygens (including phenoxy) is 1. The van der Waals surface area contributed by atoms with Gasteiger partial charge in [0.1, 0.15) is 16.9 Å². The molecule has 1 heterocycles. The quantitative estimate of drug-likeness (QED) is 0.773. The van der Waals surface area contributed by atoms with E-state index >= 15 is 0 Å². The lowest BCUT2D eigenvalue weighted by Gasteiger charge is -2.09. The molecule has 0 bridgehead atoms. The van der Waals surface area contributed by atoms with Crippen LogP contribution in [0.4, 0.5) is 13.2 Å². The zero-order valence-corrected chi connectivity index (χ0v) is 11.8. The first-order valence-electron chi connectivity index (χ1n) is 6.68. The number of hydrogen-bond acceptors (Lipinski definition) is 3. The Morgan fingerprint density at radius 1 is 1.13 bits per heavy atom. The number of fused-ring (bicyclic) bond motifs is 3. The van der Waals surface area contributed by atoms with E-state index in [9.17, 15) is 18.0 Å². The smallest absolute Gasteiger partial charge is 0.416 e. The molecule has 1 aromatic heterocycles. The fourth-order valence-electron chi connectivity index (χ4n) is 2.26. The molecule has 0 aliphatic carbocycles. The Morgan fingerprint density at radius 2 is 1.74 bits per heavy atom. The van der Waals surface area contributed by atoms with Crippen molar-refractivity contribution >= 4 is 27.9 Å². The highest BCUT2D eigenvalue weighted by Gasteiger charge is 2.31. The zero-order chi connectivity index (χ0) is 16.8. The molecule has 0 aliphatic rings. The summed E-state index contributed by atoms with van der Waals surface area (Å²) >= 11 is 0. The van der Waals surface area contributed by atoms with Gasteiger partial charge in [0, 0.05) is 16.8 Å². The largest absolute Gasteiger partial charge is 0.479 e. The second-order valence-corrected chi connectivity index (χ2v) is 5.07. The summed E-state index contributed by atoms with van der Waals surface area (Å²) in [6.45, 7) is 1.38. The Kier molecular flexibility index (Phi) is 3.43. The minimum absolute atomic E-state index is 0.109. The molecule has 2 aromatic carbocycles. The molecular formula is C16H11F3O4. The van der Waals surface area contributed by atoms with Crippen LogP contribution in [0.1, 0.15) is 12.5 Å². The molecule has 23 heavy (non-hydrogen) atoms. The summed E-state index contributed by atoms with van der Waals surface area (Å²) in [5.74, 6) is -0.855. The molecule has 0 amide bonds. The normalized spacial score (nSPS) is 13.4. The molecule has 0 spiro atoms. The van der Waals surface area contributed by atoms with Crippen molar-refractivity contribution in [2.24, 2.45) is 0 Å². The molecule has 0 saturated carbocycles. The van der Waals surface area contributed by atoms with Crippen molar-refractivity contribution in [1.82, 2.24) is 0 Å². The lowest BCUT2D eigenvalue weighted by atomic mass is 10.1. The van der Waals surface area contributed by atoms with Crippen molar-refractivity contribution in [1.29, 1.82) is 0 Å². The molecule has 120 valence electrons. The number of carboxylic acid groups (broad SMARTS) is 1. The van der Waals surface area contributed by atoms with Crippen molar-refractivity contribution in [3.63, 3.8) is 0 Å². The Hall–Kier alpha value is -2.70. The van der Waals surface area contributed by atoms with Crippen molar-refractivity contribution in [3.8, 4) is 5.75 Å². The first-order chi connectivity index (χ1) is 10.8. The first-order valence-corrected chi connectivity index (χ1v) is 6.68. The number of rotatable bonds is 3. The predicted molar refractivity (Wildman–Crippen MR) is 76.4 cm³/mol. The minimum Gasteiger partial charge on any atom is -0.479 e. The number of carboxylic acids is 1. The van der Waals surface area contributed by atoms with Crippen LogP contribution >= 0.6 is 0 Å². The third-order valence-corrected chi connectivity index (χ3v) is 3.43. The van der Waals surface area contributed by atoms with Crippen LogP contribution in [0.2, 0.25) is 0 Å². The maximum atomic E-state index is 12.7. The molecule has 0 radical (unpaired) electrons. The molecule has 7 heteroatoms. The van der Waals surface area contributed by atoms with Crippen LogP contribution in [0.25, 0.3) is 21.9 Å². The van der Waals surface area contributed by atoms with Crippen molar-refractivity contribution in [2.75, 3.05) is 0 Å². The molecule has 3 aromatic rings. The number of halogens is 3. The van der Waals surface area contributed by atoms with E-state index in [1.165, 1.54) is 19.1 Å². The van der Waals surface area contributed by atoms with Gasteiger partial charge in [0.15, 0.2) is 6.10 Å². The summed E-state index contributed by atoms with van der Waals surface area (Å²) in [6.07, 6.45) is -5.49. The standard InChI is InChI=1S/C16H11F3O4/c1-8(15(20)21)22-10-3-5-12-11-4-2-9(16(17,18)19)6-13(11)23-14(12)7-10/h2-8H,1H3,(H,20,21). The van der Waals surface area contributed by atoms with Gasteiger partial charge in [0.2, 0.25) is 0 Å². The number of furan rings is 1. The van der Waals surface area contributed by atoms with E-state index in [4.69, 9.17) is 14.3 Å². The van der Waals surface area contributed by atoms with Gasteiger partial charge in [-0.3, -0.25) is 0 Å². The van der Waals surface area contributed by atoms with Crippen LogP contribution in [0, 0.1) is 0 Å². The second kappa shape index (κ2) is 5.19. The Morgan fingerprint density at radius 3 is 2.35 bits per heavy atom. The molecule has 1 N–H and O–H groups in total. The van der Waals surface area contributed by atoms with E-state index < -0.39 is 23.8 Å². The van der Waals surface area contributed by atoms with Gasteiger partial charge in [-0.25, -0.2) is 4.79 Å². The summed E-state index contributed by atoms with van der Waals surface area (Å²) < 4.78 is 48.9.